The van der Waals surface area contributed by atoms with Crippen molar-refractivity contribution >= 4 is 17.5 Å². The van der Waals surface area contributed by atoms with Crippen molar-refractivity contribution in [2.24, 2.45) is 5.73 Å². The lowest BCUT2D eigenvalue weighted by molar-refractivity contribution is -0.131. The molecule has 0 radical (unpaired) electrons. The van der Waals surface area contributed by atoms with Crippen molar-refractivity contribution in [3.05, 3.63) is 53.6 Å². The van der Waals surface area contributed by atoms with E-state index in [0.29, 0.717) is 31.1 Å². The number of fused-ring (bicyclic) bond motifs is 3. The van der Waals surface area contributed by atoms with Gasteiger partial charge < -0.3 is 25.3 Å². The number of carbonyl (C=O) groups excluding carboxylic acids is 2. The summed E-state index contributed by atoms with van der Waals surface area (Å²) >= 11 is 0. The van der Waals surface area contributed by atoms with E-state index in [4.69, 9.17) is 25.2 Å². The van der Waals surface area contributed by atoms with E-state index in [1.165, 1.54) is 0 Å². The molecule has 9 nitrogen and oxygen atoms in total. The minimum Gasteiger partial charge on any atom is -0.497 e. The maximum absolute atomic E-state index is 13.0. The van der Waals surface area contributed by atoms with Gasteiger partial charge in [0.2, 0.25) is 5.91 Å². The summed E-state index contributed by atoms with van der Waals surface area (Å²) in [5, 5.41) is 11.6. The summed E-state index contributed by atoms with van der Waals surface area (Å²) < 4.78 is 17.3. The van der Waals surface area contributed by atoms with E-state index in [2.05, 4.69) is 11.4 Å². The van der Waals surface area contributed by atoms with Crippen molar-refractivity contribution in [3.8, 4) is 11.5 Å². The molecule has 0 saturated carbocycles. The number of hydrogen-bond acceptors (Lipinski definition) is 7. The Balaban J connectivity index is 1.83. The van der Waals surface area contributed by atoms with Crippen molar-refractivity contribution in [1.29, 1.82) is 0 Å². The zero-order chi connectivity index (χ0) is 22.9. The van der Waals surface area contributed by atoms with E-state index >= 15 is 0 Å². The van der Waals surface area contributed by atoms with Gasteiger partial charge in [-0.3, -0.25) is 14.8 Å². The second kappa shape index (κ2) is 11.5. The van der Waals surface area contributed by atoms with Crippen LogP contribution >= 0.6 is 0 Å². The molecule has 0 aliphatic carbocycles. The van der Waals surface area contributed by atoms with Gasteiger partial charge in [-0.05, 0) is 54.7 Å². The van der Waals surface area contributed by atoms with Crippen LogP contribution in [0.4, 0.5) is 5.69 Å². The first-order valence-corrected chi connectivity index (χ1v) is 10.5. The molecule has 9 heteroatoms. The van der Waals surface area contributed by atoms with Gasteiger partial charge in [-0.25, -0.2) is 5.48 Å². The number of rotatable bonds is 5. The van der Waals surface area contributed by atoms with Gasteiger partial charge in [-0.15, -0.1) is 0 Å². The highest BCUT2D eigenvalue weighted by molar-refractivity contribution is 5.95. The molecule has 0 aromatic heterocycles. The number of amides is 2. The number of aryl methyl sites for hydroxylation is 1. The van der Waals surface area contributed by atoms with Crippen LogP contribution < -0.4 is 26.0 Å². The Hall–Kier alpha value is -3.14. The first kappa shape index (κ1) is 23.5. The number of nitrogens with one attached hydrogen (secondary N) is 2. The van der Waals surface area contributed by atoms with Crippen molar-refractivity contribution in [3.63, 3.8) is 0 Å². The molecule has 2 atom stereocenters. The van der Waals surface area contributed by atoms with Crippen LogP contribution in [0, 0.1) is 0 Å². The second-order valence-corrected chi connectivity index (χ2v) is 7.66. The lowest BCUT2D eigenvalue weighted by Gasteiger charge is -2.22. The molecule has 1 heterocycles. The van der Waals surface area contributed by atoms with Crippen LogP contribution in [0.1, 0.15) is 30.4 Å². The fraction of sp³-hybridized carbons (Fsp3) is 0.391. The third kappa shape index (κ3) is 6.68. The van der Waals surface area contributed by atoms with E-state index in [-0.39, 0.29) is 18.7 Å². The van der Waals surface area contributed by atoms with Crippen molar-refractivity contribution in [1.82, 2.24) is 5.48 Å². The van der Waals surface area contributed by atoms with Crippen LogP contribution in [0.15, 0.2) is 42.5 Å². The highest BCUT2D eigenvalue weighted by atomic mass is 16.5. The Morgan fingerprint density at radius 3 is 2.88 bits per heavy atom. The standard InChI is InChI=1S/C23H29N3O6/c1-30-18-10-15-5-4-8-31-21(12-17(24)13-22(27)26-29)23(28)25-19-6-2-3-7-20(19)32-14-16(9-15)11-18/h2-3,6-7,9-11,17,21,29H,4-5,8,12-14,24H2,1H3,(H,25,28)(H,26,27)/t17-,21?/m0/s1. The summed E-state index contributed by atoms with van der Waals surface area (Å²) in [4.78, 5) is 24.4. The molecule has 32 heavy (non-hydrogen) atoms. The summed E-state index contributed by atoms with van der Waals surface area (Å²) in [6.07, 6.45) is 0.531. The first-order chi connectivity index (χ1) is 15.5. The molecule has 1 unspecified atom stereocenters. The summed E-state index contributed by atoms with van der Waals surface area (Å²) in [6.45, 7) is 0.653. The molecule has 0 saturated heterocycles. The quantitative estimate of drug-likeness (QED) is 0.411. The molecule has 3 rings (SSSR count). The zero-order valence-electron chi connectivity index (χ0n) is 18.0. The van der Waals surface area contributed by atoms with Crippen molar-refractivity contribution in [2.45, 2.75) is 44.4 Å². The van der Waals surface area contributed by atoms with Gasteiger partial charge in [0, 0.05) is 19.1 Å². The van der Waals surface area contributed by atoms with Gasteiger partial charge in [0.25, 0.3) is 5.91 Å². The third-order valence-corrected chi connectivity index (χ3v) is 5.11. The Morgan fingerprint density at radius 1 is 1.31 bits per heavy atom. The summed E-state index contributed by atoms with van der Waals surface area (Å²) in [7, 11) is 1.63. The molecular weight excluding hydrogens is 414 g/mol. The van der Waals surface area contributed by atoms with Crippen molar-refractivity contribution in [2.75, 3.05) is 19.0 Å². The first-order valence-electron chi connectivity index (χ1n) is 10.5. The van der Waals surface area contributed by atoms with Crippen LogP contribution in [0.3, 0.4) is 0 Å². The normalized spacial score (nSPS) is 17.7. The number of hydrogen-bond donors (Lipinski definition) is 4. The molecule has 2 bridgehead atoms. The molecule has 2 aromatic rings. The minimum atomic E-state index is -0.867. The fourth-order valence-corrected chi connectivity index (χ4v) is 3.54. The Morgan fingerprint density at radius 2 is 2.09 bits per heavy atom. The topological polar surface area (TPSA) is 132 Å². The van der Waals surface area contributed by atoms with Crippen LogP contribution in [-0.4, -0.2) is 42.9 Å². The fourth-order valence-electron chi connectivity index (χ4n) is 3.54. The van der Waals surface area contributed by atoms with Crippen LogP contribution in [0.2, 0.25) is 0 Å². The van der Waals surface area contributed by atoms with E-state index in [0.717, 1.165) is 23.3 Å². The molecular formula is C23H29N3O6. The number of hydroxylamine groups is 1. The Bertz CT molecular complexity index is 936. The number of para-hydroxylation sites is 2. The molecule has 5 N–H and O–H groups in total. The highest BCUT2D eigenvalue weighted by Gasteiger charge is 2.24. The summed E-state index contributed by atoms with van der Waals surface area (Å²) in [5.41, 5.74) is 10.1. The average Bonchev–Trinajstić information content (AvgIpc) is 2.79. The lowest BCUT2D eigenvalue weighted by atomic mass is 10.0. The molecule has 0 fully saturated rings. The number of benzene rings is 2. The van der Waals surface area contributed by atoms with Gasteiger partial charge in [0.1, 0.15) is 24.2 Å². The van der Waals surface area contributed by atoms with Gasteiger partial charge in [-0.1, -0.05) is 18.2 Å². The van der Waals surface area contributed by atoms with Gasteiger partial charge >= 0.3 is 0 Å². The number of methoxy groups -OCH3 is 1. The molecule has 0 spiro atoms. The van der Waals surface area contributed by atoms with Gasteiger partial charge in [0.15, 0.2) is 0 Å². The zero-order valence-corrected chi connectivity index (χ0v) is 18.0. The maximum Gasteiger partial charge on any atom is 0.253 e. The largest absolute Gasteiger partial charge is 0.497 e. The SMILES string of the molecule is COc1cc2cc(c1)COc1ccccc1NC(=O)C(C[C@H](N)CC(=O)NO)OCCC2. The average molecular weight is 444 g/mol. The summed E-state index contributed by atoms with van der Waals surface area (Å²) in [6, 6.07) is 12.4. The molecule has 1 aliphatic rings. The monoisotopic (exact) mass is 443 g/mol. The van der Waals surface area contributed by atoms with Crippen LogP contribution in [-0.2, 0) is 27.4 Å². The number of ether oxygens (including phenoxy) is 3. The number of carbonyl (C=O) groups is 2. The predicted octanol–water partition coefficient (Wildman–Crippen LogP) is 2.16. The maximum atomic E-state index is 13.0. The third-order valence-electron chi connectivity index (χ3n) is 5.11. The van der Waals surface area contributed by atoms with Crippen molar-refractivity contribution < 1.29 is 29.0 Å². The van der Waals surface area contributed by atoms with E-state index in [1.54, 1.807) is 30.8 Å². The minimum absolute atomic E-state index is 0.117. The molecule has 2 amide bonds. The van der Waals surface area contributed by atoms with Crippen LogP contribution in [0.25, 0.3) is 0 Å². The molecule has 172 valence electrons. The lowest BCUT2D eigenvalue weighted by Crippen LogP contribution is -2.39. The summed E-state index contributed by atoms with van der Waals surface area (Å²) in [5.74, 6) is 0.274. The predicted molar refractivity (Wildman–Crippen MR) is 118 cm³/mol. The molecule has 1 aliphatic heterocycles. The van der Waals surface area contributed by atoms with E-state index < -0.39 is 18.1 Å². The van der Waals surface area contributed by atoms with Gasteiger partial charge in [0.05, 0.1) is 12.8 Å². The molecule has 2 aromatic carbocycles. The van der Waals surface area contributed by atoms with E-state index in [1.807, 2.05) is 18.2 Å². The van der Waals surface area contributed by atoms with Crippen LogP contribution in [0.5, 0.6) is 11.5 Å². The Kier molecular flexibility index (Phi) is 8.43. The van der Waals surface area contributed by atoms with E-state index in [9.17, 15) is 9.59 Å². The van der Waals surface area contributed by atoms with Gasteiger partial charge in [-0.2, -0.15) is 0 Å². The highest BCUT2D eigenvalue weighted by Crippen LogP contribution is 2.27. The Labute approximate surface area is 186 Å². The second-order valence-electron chi connectivity index (χ2n) is 7.66. The number of nitrogens with two attached hydrogens (primary N) is 1. The number of anilines is 1. The smallest absolute Gasteiger partial charge is 0.253 e.